The van der Waals surface area contributed by atoms with Crippen LogP contribution in [-0.4, -0.2) is 51.1 Å². The van der Waals surface area contributed by atoms with Crippen molar-refractivity contribution in [3.63, 3.8) is 0 Å². The van der Waals surface area contributed by atoms with E-state index in [9.17, 15) is 26.4 Å². The lowest BCUT2D eigenvalue weighted by Crippen LogP contribution is -2.41. The van der Waals surface area contributed by atoms with E-state index in [1.54, 1.807) is 12.1 Å². The Hall–Kier alpha value is -2.59. The molecule has 190 valence electrons. The molecule has 1 N–H and O–H groups in total. The molecule has 2 aromatic carbocycles. The van der Waals surface area contributed by atoms with Crippen LogP contribution in [0, 0.1) is 5.92 Å². The van der Waals surface area contributed by atoms with E-state index in [-0.39, 0.29) is 23.9 Å². The average Bonchev–Trinajstić information content (AvgIpc) is 2.82. The number of rotatable bonds is 6. The highest BCUT2D eigenvalue weighted by molar-refractivity contribution is 7.88. The minimum atomic E-state index is -4.40. The zero-order valence-corrected chi connectivity index (χ0v) is 20.5. The molecular weight excluding hydrogens is 479 g/mol. The second-order valence-electron chi connectivity index (χ2n) is 9.34. The highest BCUT2D eigenvalue weighted by atomic mass is 32.2. The van der Waals surface area contributed by atoms with E-state index < -0.39 is 21.8 Å². The fourth-order valence-corrected chi connectivity index (χ4v) is 5.78. The van der Waals surface area contributed by atoms with Crippen molar-refractivity contribution in [3.8, 4) is 0 Å². The first-order chi connectivity index (χ1) is 16.5. The molecule has 2 aromatic rings. The molecule has 6 nitrogen and oxygen atoms in total. The van der Waals surface area contributed by atoms with Gasteiger partial charge < -0.3 is 10.2 Å². The van der Waals surface area contributed by atoms with Gasteiger partial charge in [0.15, 0.2) is 0 Å². The van der Waals surface area contributed by atoms with Crippen LogP contribution in [0.1, 0.15) is 46.3 Å². The van der Waals surface area contributed by atoms with Crippen molar-refractivity contribution in [1.82, 2.24) is 9.62 Å². The van der Waals surface area contributed by atoms with Crippen LogP contribution in [0.2, 0.25) is 0 Å². The molecule has 10 heteroatoms. The molecule has 0 unspecified atom stereocenters. The van der Waals surface area contributed by atoms with E-state index in [1.807, 2.05) is 17.0 Å². The number of fused-ring (bicyclic) bond motifs is 1. The molecule has 0 aromatic heterocycles. The summed E-state index contributed by atoms with van der Waals surface area (Å²) in [6.07, 6.45) is -0.235. The zero-order chi connectivity index (χ0) is 25.2. The number of nitrogens with zero attached hydrogens (tertiary/aromatic N) is 2. The van der Waals surface area contributed by atoms with Crippen LogP contribution in [0.5, 0.6) is 0 Å². The smallest absolute Gasteiger partial charge is 0.367 e. The van der Waals surface area contributed by atoms with E-state index in [0.717, 1.165) is 30.2 Å². The predicted molar refractivity (Wildman–Crippen MR) is 129 cm³/mol. The number of hydrogen-bond donors (Lipinski definition) is 1. The topological polar surface area (TPSA) is 69.7 Å². The molecular formula is C25H30F3N3O3S. The average molecular weight is 510 g/mol. The molecule has 0 radical (unpaired) electrons. The van der Waals surface area contributed by atoms with Crippen LogP contribution in [0.3, 0.4) is 0 Å². The lowest BCUT2D eigenvalue weighted by molar-refractivity contribution is -0.138. The van der Waals surface area contributed by atoms with Crippen LogP contribution in [0.25, 0.3) is 0 Å². The molecule has 0 spiro atoms. The van der Waals surface area contributed by atoms with Crippen molar-refractivity contribution in [2.24, 2.45) is 5.92 Å². The summed E-state index contributed by atoms with van der Waals surface area (Å²) in [5, 5.41) is 2.96. The van der Waals surface area contributed by atoms with Crippen LogP contribution < -0.4 is 10.2 Å². The molecule has 2 heterocycles. The number of anilines is 1. The van der Waals surface area contributed by atoms with Gasteiger partial charge in [0, 0.05) is 44.0 Å². The Bertz CT molecular complexity index is 1180. The summed E-state index contributed by atoms with van der Waals surface area (Å²) < 4.78 is 65.0. The van der Waals surface area contributed by atoms with E-state index in [4.69, 9.17) is 0 Å². The number of carbonyl (C=O) groups is 1. The molecule has 2 aliphatic heterocycles. The van der Waals surface area contributed by atoms with Crippen LogP contribution in [0.15, 0.2) is 42.5 Å². The summed E-state index contributed by atoms with van der Waals surface area (Å²) in [7, 11) is -3.18. The Kier molecular flexibility index (Phi) is 7.42. The van der Waals surface area contributed by atoms with Gasteiger partial charge in [0.2, 0.25) is 10.0 Å². The van der Waals surface area contributed by atoms with E-state index in [0.29, 0.717) is 44.6 Å². The fourth-order valence-electron chi connectivity index (χ4n) is 4.91. The van der Waals surface area contributed by atoms with Gasteiger partial charge >= 0.3 is 6.18 Å². The van der Waals surface area contributed by atoms with Crippen molar-refractivity contribution in [2.45, 2.75) is 38.4 Å². The lowest BCUT2D eigenvalue weighted by Gasteiger charge is -2.32. The van der Waals surface area contributed by atoms with Gasteiger partial charge in [-0.2, -0.15) is 13.2 Å². The third-order valence-corrected chi connectivity index (χ3v) is 8.14. The van der Waals surface area contributed by atoms with Gasteiger partial charge in [-0.3, -0.25) is 4.79 Å². The van der Waals surface area contributed by atoms with E-state index >= 15 is 0 Å². The molecule has 35 heavy (non-hydrogen) atoms. The predicted octanol–water partition coefficient (Wildman–Crippen LogP) is 4.06. The summed E-state index contributed by atoms with van der Waals surface area (Å²) in [4.78, 5) is 14.7. The number of sulfonamides is 1. The quantitative estimate of drug-likeness (QED) is 0.638. The number of aryl methyl sites for hydroxylation is 1. The third-order valence-electron chi connectivity index (χ3n) is 6.83. The largest absolute Gasteiger partial charge is 0.416 e. The summed E-state index contributed by atoms with van der Waals surface area (Å²) >= 11 is 0. The molecule has 1 fully saturated rings. The second-order valence-corrected chi connectivity index (χ2v) is 11.3. The summed E-state index contributed by atoms with van der Waals surface area (Å²) in [5.74, 6) is 0.0247. The Balaban J connectivity index is 1.40. The summed E-state index contributed by atoms with van der Waals surface area (Å²) in [5.41, 5.74) is 1.95. The Morgan fingerprint density at radius 2 is 1.80 bits per heavy atom. The maximum atomic E-state index is 13.4. The summed E-state index contributed by atoms with van der Waals surface area (Å²) in [6, 6.07) is 11.0. The monoisotopic (exact) mass is 509 g/mol. The van der Waals surface area contributed by atoms with Gasteiger partial charge in [-0.05, 0) is 67.0 Å². The number of hydrogen-bond acceptors (Lipinski definition) is 4. The van der Waals surface area contributed by atoms with Crippen LogP contribution in [-0.2, 0) is 29.2 Å². The highest BCUT2D eigenvalue weighted by Gasteiger charge is 2.33. The zero-order valence-electron chi connectivity index (χ0n) is 19.6. The number of halogens is 3. The molecule has 1 saturated heterocycles. The molecule has 2 aliphatic rings. The molecule has 1 amide bonds. The Labute approximate surface area is 204 Å². The number of carbonyl (C=O) groups excluding carboxylic acids is 1. The minimum Gasteiger partial charge on any atom is -0.367 e. The maximum Gasteiger partial charge on any atom is 0.416 e. The van der Waals surface area contributed by atoms with Crippen molar-refractivity contribution in [2.75, 3.05) is 37.3 Å². The van der Waals surface area contributed by atoms with Gasteiger partial charge in [0.25, 0.3) is 5.91 Å². The van der Waals surface area contributed by atoms with Gasteiger partial charge in [-0.1, -0.05) is 18.2 Å². The van der Waals surface area contributed by atoms with Crippen LogP contribution in [0.4, 0.5) is 18.9 Å². The van der Waals surface area contributed by atoms with E-state index in [1.165, 1.54) is 22.7 Å². The number of alkyl halides is 3. The fraction of sp³-hybridized carbons (Fsp3) is 0.480. The highest BCUT2D eigenvalue weighted by Crippen LogP contribution is 2.35. The number of benzene rings is 2. The molecule has 0 saturated carbocycles. The first-order valence-electron chi connectivity index (χ1n) is 11.8. The Morgan fingerprint density at radius 1 is 1.09 bits per heavy atom. The Morgan fingerprint density at radius 3 is 2.49 bits per heavy atom. The minimum absolute atomic E-state index is 0.153. The van der Waals surface area contributed by atoms with Crippen molar-refractivity contribution < 1.29 is 26.4 Å². The van der Waals surface area contributed by atoms with Crippen molar-refractivity contribution in [1.29, 1.82) is 0 Å². The number of piperidine rings is 1. The molecule has 0 bridgehead atoms. The third kappa shape index (κ3) is 6.16. The standard InChI is InChI=1S/C25H30F3N3O3S/c1-35(33,34)31-13-10-18(11-14-31)16-29-24(32)20-8-9-23-19(15-20)6-4-12-30(23)17-21-5-2-3-7-22(21)25(26,27)28/h2-3,5,7-9,15,18H,4,6,10-14,16-17H2,1H3,(H,29,32). The van der Waals surface area contributed by atoms with Gasteiger partial charge in [0.05, 0.1) is 11.8 Å². The number of nitrogens with one attached hydrogen (secondary N) is 1. The van der Waals surface area contributed by atoms with Crippen LogP contribution >= 0.6 is 0 Å². The van der Waals surface area contributed by atoms with Gasteiger partial charge in [-0.25, -0.2) is 12.7 Å². The first-order valence-corrected chi connectivity index (χ1v) is 13.6. The molecule has 0 aliphatic carbocycles. The van der Waals surface area contributed by atoms with Gasteiger partial charge in [0.1, 0.15) is 0 Å². The van der Waals surface area contributed by atoms with E-state index in [2.05, 4.69) is 5.32 Å². The summed E-state index contributed by atoms with van der Waals surface area (Å²) in [6.45, 7) is 2.21. The maximum absolute atomic E-state index is 13.4. The van der Waals surface area contributed by atoms with Gasteiger partial charge in [-0.15, -0.1) is 0 Å². The number of amides is 1. The lowest BCUT2D eigenvalue weighted by atomic mass is 9.96. The SMILES string of the molecule is CS(=O)(=O)N1CCC(CNC(=O)c2ccc3c(c2)CCCN3Cc2ccccc2C(F)(F)F)CC1. The molecule has 4 rings (SSSR count). The second kappa shape index (κ2) is 10.2. The normalized spacial score (nSPS) is 17.8. The van der Waals surface area contributed by atoms with Crippen molar-refractivity contribution >= 4 is 21.6 Å². The molecule has 0 atom stereocenters. The van der Waals surface area contributed by atoms with Crippen molar-refractivity contribution in [3.05, 3.63) is 64.7 Å². The first kappa shape index (κ1) is 25.5.